The average molecular weight is 220 g/mol. The van der Waals surface area contributed by atoms with E-state index in [4.69, 9.17) is 9.79 Å². The summed E-state index contributed by atoms with van der Waals surface area (Å²) in [5.41, 5.74) is 1.34. The highest BCUT2D eigenvalue weighted by molar-refractivity contribution is 7.52. The molecule has 2 N–H and O–H groups in total. The van der Waals surface area contributed by atoms with Gasteiger partial charge in [-0.1, -0.05) is 19.4 Å². The van der Waals surface area contributed by atoms with Crippen LogP contribution < -0.4 is 0 Å². The van der Waals surface area contributed by atoms with Crippen LogP contribution in [0.4, 0.5) is 0 Å². The van der Waals surface area contributed by atoms with Crippen molar-refractivity contribution in [2.75, 3.05) is 6.16 Å². The third-order valence-electron chi connectivity index (χ3n) is 1.77. The summed E-state index contributed by atoms with van der Waals surface area (Å²) in [6, 6.07) is 0. The summed E-state index contributed by atoms with van der Waals surface area (Å²) in [6.45, 7) is 7.21. The highest BCUT2D eigenvalue weighted by atomic mass is 31.2. The first kappa shape index (κ1) is 13.6. The molecule has 0 aliphatic carbocycles. The molecule has 0 heterocycles. The molecule has 0 atom stereocenters. The van der Waals surface area contributed by atoms with Gasteiger partial charge in [0.05, 0.1) is 0 Å². The normalized spacial score (nSPS) is 11.6. The van der Waals surface area contributed by atoms with Crippen molar-refractivity contribution in [1.82, 2.24) is 0 Å². The van der Waals surface area contributed by atoms with Crippen molar-refractivity contribution in [3.8, 4) is 0 Å². The van der Waals surface area contributed by atoms with E-state index in [0.29, 0.717) is 5.57 Å². The predicted octanol–water partition coefficient (Wildman–Crippen LogP) is 1.73. The van der Waals surface area contributed by atoms with Crippen LogP contribution in [0, 0.1) is 5.92 Å². The summed E-state index contributed by atoms with van der Waals surface area (Å²) in [4.78, 5) is 28.8. The molecule has 5 heteroatoms. The maximum absolute atomic E-state index is 11.5. The number of hydrogen-bond donors (Lipinski definition) is 2. The molecule has 0 radical (unpaired) electrons. The molecule has 0 aromatic carbocycles. The van der Waals surface area contributed by atoms with Crippen LogP contribution in [-0.2, 0) is 9.36 Å². The molecule has 0 fully saturated rings. The van der Waals surface area contributed by atoms with Crippen LogP contribution >= 0.6 is 7.60 Å². The Morgan fingerprint density at radius 2 is 1.71 bits per heavy atom. The molecule has 0 aliphatic rings. The zero-order valence-corrected chi connectivity index (χ0v) is 9.84. The van der Waals surface area contributed by atoms with Crippen LogP contribution in [-0.4, -0.2) is 21.7 Å². The zero-order valence-electron chi connectivity index (χ0n) is 8.94. The van der Waals surface area contributed by atoms with Crippen LogP contribution in [0.2, 0.25) is 0 Å². The van der Waals surface area contributed by atoms with Crippen LogP contribution in [0.1, 0.15) is 27.7 Å². The molecule has 4 nitrogen and oxygen atoms in total. The molecule has 0 unspecified atom stereocenters. The molecule has 0 spiro atoms. The van der Waals surface area contributed by atoms with E-state index >= 15 is 0 Å². The Labute approximate surface area is 84.2 Å². The summed E-state index contributed by atoms with van der Waals surface area (Å²) in [7, 11) is -4.24. The van der Waals surface area contributed by atoms with E-state index in [0.717, 1.165) is 5.57 Å². The number of allylic oxidation sites excluding steroid dienone is 2. The quantitative estimate of drug-likeness (QED) is 0.558. The lowest BCUT2D eigenvalue weighted by Crippen LogP contribution is -2.14. The largest absolute Gasteiger partial charge is 0.333 e. The summed E-state index contributed by atoms with van der Waals surface area (Å²) in [5.74, 6) is -0.451. The molecule has 0 aromatic rings. The van der Waals surface area contributed by atoms with Gasteiger partial charge in [-0.2, -0.15) is 0 Å². The van der Waals surface area contributed by atoms with Crippen LogP contribution in [0.15, 0.2) is 11.1 Å². The standard InChI is InChI=1S/C9H17O4P/c1-6(2)9(7(3)4)8(10)5-14(11,12)13/h6H,5H2,1-4H3,(H2,11,12,13). The van der Waals surface area contributed by atoms with Gasteiger partial charge in [-0.25, -0.2) is 0 Å². The lowest BCUT2D eigenvalue weighted by molar-refractivity contribution is -0.113. The summed E-state index contributed by atoms with van der Waals surface area (Å²) < 4.78 is 10.6. The molecule has 0 rings (SSSR count). The minimum atomic E-state index is -4.24. The molecule has 0 aliphatic heterocycles. The third kappa shape index (κ3) is 4.70. The average Bonchev–Trinajstić information content (AvgIpc) is 1.78. The maximum atomic E-state index is 11.5. The van der Waals surface area contributed by atoms with Gasteiger partial charge in [0.2, 0.25) is 0 Å². The van der Waals surface area contributed by atoms with Crippen LogP contribution in [0.25, 0.3) is 0 Å². The number of rotatable bonds is 4. The molecule has 82 valence electrons. The monoisotopic (exact) mass is 220 g/mol. The number of carbonyl (C=O) groups is 1. The van der Waals surface area contributed by atoms with E-state index in [1.807, 2.05) is 13.8 Å². The topological polar surface area (TPSA) is 74.6 Å². The fourth-order valence-electron chi connectivity index (χ4n) is 1.45. The Morgan fingerprint density at radius 3 is 1.93 bits per heavy atom. The van der Waals surface area contributed by atoms with Crippen LogP contribution in [0.3, 0.4) is 0 Å². The fraction of sp³-hybridized carbons (Fsp3) is 0.667. The fourth-order valence-corrected chi connectivity index (χ4v) is 1.99. The molecule has 0 amide bonds. The smallest absolute Gasteiger partial charge is 0.324 e. The first-order chi connectivity index (χ1) is 6.15. The van der Waals surface area contributed by atoms with Gasteiger partial charge in [-0.15, -0.1) is 0 Å². The molecule has 0 saturated carbocycles. The molecule has 14 heavy (non-hydrogen) atoms. The first-order valence-electron chi connectivity index (χ1n) is 4.40. The molecule has 0 saturated heterocycles. The zero-order chi connectivity index (χ0) is 11.5. The third-order valence-corrected chi connectivity index (χ3v) is 2.47. The number of hydrogen-bond acceptors (Lipinski definition) is 2. The summed E-state index contributed by atoms with van der Waals surface area (Å²) >= 11 is 0. The van der Waals surface area contributed by atoms with E-state index in [1.54, 1.807) is 13.8 Å². The lowest BCUT2D eigenvalue weighted by atomic mass is 9.95. The van der Waals surface area contributed by atoms with Gasteiger partial charge in [0.1, 0.15) is 6.16 Å². The second-order valence-corrected chi connectivity index (χ2v) is 5.46. The highest BCUT2D eigenvalue weighted by Gasteiger charge is 2.23. The predicted molar refractivity (Wildman–Crippen MR) is 55.1 cm³/mol. The van der Waals surface area contributed by atoms with Gasteiger partial charge in [0.25, 0.3) is 0 Å². The summed E-state index contributed by atoms with van der Waals surface area (Å²) in [5, 5.41) is 0. The van der Waals surface area contributed by atoms with Gasteiger partial charge in [0, 0.05) is 0 Å². The van der Waals surface area contributed by atoms with E-state index in [2.05, 4.69) is 0 Å². The van der Waals surface area contributed by atoms with Gasteiger partial charge in [0.15, 0.2) is 5.78 Å². The molecule has 0 aromatic heterocycles. The Morgan fingerprint density at radius 1 is 1.29 bits per heavy atom. The minimum Gasteiger partial charge on any atom is -0.324 e. The van der Waals surface area contributed by atoms with Gasteiger partial charge < -0.3 is 9.79 Å². The van der Waals surface area contributed by atoms with Gasteiger partial charge in [-0.3, -0.25) is 9.36 Å². The number of Topliss-reactive ketones (excluding diaryl/α,β-unsaturated/α-hetero) is 1. The molecular formula is C9H17O4P. The second kappa shape index (κ2) is 4.87. The van der Waals surface area contributed by atoms with Crippen molar-refractivity contribution >= 4 is 13.4 Å². The van der Waals surface area contributed by atoms with Crippen molar-refractivity contribution in [2.24, 2.45) is 5.92 Å². The highest BCUT2D eigenvalue weighted by Crippen LogP contribution is 2.35. The number of carbonyl (C=O) groups excluding carboxylic acids is 1. The lowest BCUT2D eigenvalue weighted by Gasteiger charge is -2.12. The maximum Gasteiger partial charge on any atom is 0.333 e. The SMILES string of the molecule is CC(C)=C(C(=O)CP(=O)(O)O)C(C)C. The molecular weight excluding hydrogens is 203 g/mol. The Kier molecular flexibility index (Phi) is 4.72. The van der Waals surface area contributed by atoms with Crippen molar-refractivity contribution in [3.05, 3.63) is 11.1 Å². The minimum absolute atomic E-state index is 0.000880. The van der Waals surface area contributed by atoms with Crippen LogP contribution in [0.5, 0.6) is 0 Å². The van der Waals surface area contributed by atoms with E-state index in [-0.39, 0.29) is 5.92 Å². The number of ketones is 1. The van der Waals surface area contributed by atoms with Crippen molar-refractivity contribution < 1.29 is 19.1 Å². The Balaban J connectivity index is 4.84. The van der Waals surface area contributed by atoms with E-state index in [9.17, 15) is 9.36 Å². The Bertz CT molecular complexity index is 294. The first-order valence-corrected chi connectivity index (χ1v) is 6.20. The van der Waals surface area contributed by atoms with Crippen molar-refractivity contribution in [3.63, 3.8) is 0 Å². The Hall–Kier alpha value is -0.440. The van der Waals surface area contributed by atoms with E-state index in [1.165, 1.54) is 0 Å². The van der Waals surface area contributed by atoms with E-state index < -0.39 is 19.5 Å². The van der Waals surface area contributed by atoms with Crippen molar-refractivity contribution in [2.45, 2.75) is 27.7 Å². The van der Waals surface area contributed by atoms with Gasteiger partial charge in [-0.05, 0) is 25.3 Å². The van der Waals surface area contributed by atoms with Gasteiger partial charge >= 0.3 is 7.60 Å². The second-order valence-electron chi connectivity index (χ2n) is 3.81. The molecule has 0 bridgehead atoms. The summed E-state index contributed by atoms with van der Waals surface area (Å²) in [6.07, 6.45) is -0.689. The van der Waals surface area contributed by atoms with Crippen molar-refractivity contribution in [1.29, 1.82) is 0 Å².